The molecule has 2 atom stereocenters. The fraction of sp³-hybridized carbons (Fsp3) is 0.429. The Balaban J connectivity index is 1.40. The van der Waals surface area contributed by atoms with E-state index < -0.39 is 17.4 Å². The number of rotatable bonds is 5. The van der Waals surface area contributed by atoms with Gasteiger partial charge in [-0.1, -0.05) is 30.2 Å². The van der Waals surface area contributed by atoms with Crippen LogP contribution in [0.4, 0.5) is 9.18 Å². The van der Waals surface area contributed by atoms with Gasteiger partial charge in [0.05, 0.1) is 5.02 Å². The summed E-state index contributed by atoms with van der Waals surface area (Å²) < 4.78 is 14.3. The first-order valence-electron chi connectivity index (χ1n) is 12.9. The SMILES string of the molecule is C[C@@]12Cc3c([nH]c4cc(F)c(Cl)cc34)[C@@H](c3cccc(O)c3)N1C(=O)N(CCCN1CCCCC1)C2=O. The van der Waals surface area contributed by atoms with Crippen LogP contribution in [0.25, 0.3) is 10.9 Å². The highest BCUT2D eigenvalue weighted by molar-refractivity contribution is 6.31. The van der Waals surface area contributed by atoms with E-state index in [-0.39, 0.29) is 29.1 Å². The number of hydrogen-bond donors (Lipinski definition) is 2. The summed E-state index contributed by atoms with van der Waals surface area (Å²) in [7, 11) is 0. The van der Waals surface area contributed by atoms with Crippen molar-refractivity contribution in [3.05, 3.63) is 64.1 Å². The molecule has 0 radical (unpaired) electrons. The Bertz CT molecular complexity index is 1400. The van der Waals surface area contributed by atoms with Crippen molar-refractivity contribution in [2.45, 2.75) is 50.6 Å². The van der Waals surface area contributed by atoms with Crippen LogP contribution in [0.5, 0.6) is 5.75 Å². The summed E-state index contributed by atoms with van der Waals surface area (Å²) in [4.78, 5) is 36.5. The van der Waals surface area contributed by atoms with Crippen molar-refractivity contribution >= 4 is 34.4 Å². The van der Waals surface area contributed by atoms with Gasteiger partial charge in [0.1, 0.15) is 23.1 Å². The third-order valence-electron chi connectivity index (χ3n) is 8.20. The van der Waals surface area contributed by atoms with Gasteiger partial charge in [0, 0.05) is 29.6 Å². The lowest BCUT2D eigenvalue weighted by atomic mass is 9.81. The number of aromatic amines is 1. The summed E-state index contributed by atoms with van der Waals surface area (Å²) in [5.74, 6) is -0.706. The lowest BCUT2D eigenvalue weighted by molar-refractivity contribution is -0.133. The molecule has 1 aromatic heterocycles. The van der Waals surface area contributed by atoms with E-state index in [0.29, 0.717) is 23.3 Å². The normalized spacial score (nSPS) is 24.1. The fourth-order valence-corrected chi connectivity index (χ4v) is 6.55. The van der Waals surface area contributed by atoms with Gasteiger partial charge in [-0.15, -0.1) is 0 Å². The molecule has 7 nitrogen and oxygen atoms in total. The molecule has 0 aliphatic carbocycles. The number of amides is 3. The van der Waals surface area contributed by atoms with E-state index >= 15 is 0 Å². The number of likely N-dealkylation sites (tertiary alicyclic amines) is 1. The smallest absolute Gasteiger partial charge is 0.328 e. The summed E-state index contributed by atoms with van der Waals surface area (Å²) in [6.45, 7) is 5.16. The van der Waals surface area contributed by atoms with Crippen molar-refractivity contribution in [1.29, 1.82) is 0 Å². The molecule has 0 saturated carbocycles. The maximum absolute atomic E-state index is 14.3. The topological polar surface area (TPSA) is 79.9 Å². The standard InChI is InChI=1S/C28H30ClFN4O3/c1-28-16-20-19-14-21(29)22(30)15-23(19)31-24(20)25(17-7-5-8-18(35)13-17)34(28)27(37)33(26(28)36)12-6-11-32-9-3-2-4-10-32/h5,7-8,13-15,25,31,35H,2-4,6,9-12,16H2,1H3/t25-,28+/m1/s1. The van der Waals surface area contributed by atoms with Crippen molar-refractivity contribution in [2.75, 3.05) is 26.2 Å². The maximum atomic E-state index is 14.3. The van der Waals surface area contributed by atoms with Gasteiger partial charge in [-0.3, -0.25) is 14.6 Å². The molecule has 2 fully saturated rings. The third-order valence-corrected chi connectivity index (χ3v) is 8.49. The molecule has 2 N–H and O–H groups in total. The minimum Gasteiger partial charge on any atom is -0.508 e. The zero-order valence-corrected chi connectivity index (χ0v) is 21.5. The number of nitrogens with one attached hydrogen (secondary N) is 1. The highest BCUT2D eigenvalue weighted by Gasteiger charge is 2.60. The lowest BCUT2D eigenvalue weighted by Crippen LogP contribution is -2.53. The molecule has 2 aromatic carbocycles. The molecule has 3 aliphatic heterocycles. The van der Waals surface area contributed by atoms with Gasteiger partial charge < -0.3 is 15.0 Å². The molecule has 3 aliphatic rings. The van der Waals surface area contributed by atoms with Gasteiger partial charge in [-0.05, 0) is 81.2 Å². The number of piperidine rings is 1. The number of halogens is 2. The van der Waals surface area contributed by atoms with E-state index in [4.69, 9.17) is 11.6 Å². The molecule has 4 heterocycles. The van der Waals surface area contributed by atoms with Gasteiger partial charge in [-0.25, -0.2) is 9.18 Å². The number of carbonyl (C=O) groups excluding carboxylic acids is 2. The van der Waals surface area contributed by atoms with Gasteiger partial charge >= 0.3 is 6.03 Å². The number of benzene rings is 2. The number of carbonyl (C=O) groups is 2. The van der Waals surface area contributed by atoms with Crippen LogP contribution in [-0.4, -0.2) is 68.4 Å². The van der Waals surface area contributed by atoms with Crippen molar-refractivity contribution in [3.63, 3.8) is 0 Å². The van der Waals surface area contributed by atoms with E-state index in [1.165, 1.54) is 30.2 Å². The first-order chi connectivity index (χ1) is 17.8. The number of imide groups is 1. The van der Waals surface area contributed by atoms with E-state index in [2.05, 4.69) is 9.88 Å². The van der Waals surface area contributed by atoms with Crippen LogP contribution in [0.3, 0.4) is 0 Å². The average Bonchev–Trinajstić information content (AvgIpc) is 3.30. The predicted molar refractivity (Wildman–Crippen MR) is 139 cm³/mol. The van der Waals surface area contributed by atoms with Crippen molar-refractivity contribution in [1.82, 2.24) is 19.7 Å². The highest BCUT2D eigenvalue weighted by Crippen LogP contribution is 2.49. The molecule has 3 aromatic rings. The summed E-state index contributed by atoms with van der Waals surface area (Å²) >= 11 is 6.14. The molecule has 0 spiro atoms. The Labute approximate surface area is 219 Å². The van der Waals surface area contributed by atoms with Crippen molar-refractivity contribution < 1.29 is 19.1 Å². The zero-order chi connectivity index (χ0) is 25.9. The van der Waals surface area contributed by atoms with Crippen LogP contribution in [-0.2, 0) is 11.2 Å². The van der Waals surface area contributed by atoms with Gasteiger partial charge in [0.2, 0.25) is 0 Å². The molecule has 37 heavy (non-hydrogen) atoms. The summed E-state index contributed by atoms with van der Waals surface area (Å²) in [5.41, 5.74) is 1.64. The maximum Gasteiger partial charge on any atom is 0.328 e. The minimum atomic E-state index is -1.12. The number of phenolic OH excluding ortho intramolecular Hbond substituents is 1. The Hall–Kier alpha value is -3.10. The van der Waals surface area contributed by atoms with Crippen molar-refractivity contribution in [2.24, 2.45) is 0 Å². The molecule has 2 saturated heterocycles. The number of phenols is 1. The van der Waals surface area contributed by atoms with Crippen LogP contribution in [0.2, 0.25) is 5.02 Å². The molecule has 6 rings (SSSR count). The zero-order valence-electron chi connectivity index (χ0n) is 20.8. The number of aromatic hydroxyl groups is 1. The van der Waals surface area contributed by atoms with Gasteiger partial charge in [0.25, 0.3) is 5.91 Å². The third kappa shape index (κ3) is 3.89. The second-order valence-corrected chi connectivity index (χ2v) is 11.0. The lowest BCUT2D eigenvalue weighted by Gasteiger charge is -2.42. The predicted octanol–water partition coefficient (Wildman–Crippen LogP) is 5.21. The van der Waals surface area contributed by atoms with Gasteiger partial charge in [-0.2, -0.15) is 0 Å². The molecular formula is C28H30ClFN4O3. The molecule has 9 heteroatoms. The van der Waals surface area contributed by atoms with E-state index in [0.717, 1.165) is 37.0 Å². The summed E-state index contributed by atoms with van der Waals surface area (Å²) in [5, 5.41) is 11.0. The number of nitrogens with zero attached hydrogens (tertiary/aromatic N) is 3. The minimum absolute atomic E-state index is 0.00366. The molecule has 0 unspecified atom stereocenters. The van der Waals surface area contributed by atoms with E-state index in [9.17, 15) is 19.1 Å². The number of aromatic nitrogens is 1. The first kappa shape index (κ1) is 24.2. The Morgan fingerprint density at radius 3 is 2.68 bits per heavy atom. The van der Waals surface area contributed by atoms with Crippen molar-refractivity contribution in [3.8, 4) is 5.75 Å². The molecular weight excluding hydrogens is 495 g/mol. The Morgan fingerprint density at radius 2 is 1.92 bits per heavy atom. The number of hydrogen-bond acceptors (Lipinski definition) is 4. The van der Waals surface area contributed by atoms with Crippen LogP contribution in [0.15, 0.2) is 36.4 Å². The number of fused-ring (bicyclic) bond motifs is 4. The summed E-state index contributed by atoms with van der Waals surface area (Å²) in [6.07, 6.45) is 4.65. The van der Waals surface area contributed by atoms with Crippen LogP contribution in [0.1, 0.15) is 55.5 Å². The second-order valence-electron chi connectivity index (χ2n) is 10.6. The number of urea groups is 1. The summed E-state index contributed by atoms with van der Waals surface area (Å²) in [6, 6.07) is 8.65. The molecule has 3 amide bonds. The highest BCUT2D eigenvalue weighted by atomic mass is 35.5. The average molecular weight is 525 g/mol. The first-order valence-corrected chi connectivity index (χ1v) is 13.3. The molecule has 0 bridgehead atoms. The van der Waals surface area contributed by atoms with E-state index in [1.807, 2.05) is 6.07 Å². The molecule has 194 valence electrons. The van der Waals surface area contributed by atoms with Gasteiger partial charge in [0.15, 0.2) is 0 Å². The fourth-order valence-electron chi connectivity index (χ4n) is 6.38. The number of H-pyrrole nitrogens is 1. The second kappa shape index (κ2) is 9.03. The van der Waals surface area contributed by atoms with E-state index in [1.54, 1.807) is 36.1 Å². The van der Waals surface area contributed by atoms with Crippen LogP contribution in [0, 0.1) is 5.82 Å². The quantitative estimate of drug-likeness (QED) is 0.449. The Morgan fingerprint density at radius 1 is 1.14 bits per heavy atom. The largest absolute Gasteiger partial charge is 0.508 e. The monoisotopic (exact) mass is 524 g/mol. The Kier molecular flexibility index (Phi) is 5.92. The van der Waals surface area contributed by atoms with Crippen LogP contribution >= 0.6 is 11.6 Å². The van der Waals surface area contributed by atoms with Crippen LogP contribution < -0.4 is 0 Å².